The Balaban J connectivity index is 1.59. The molecule has 0 saturated carbocycles. The molecule has 2 aliphatic rings. The molecule has 1 aliphatic carbocycles. The van der Waals surface area contributed by atoms with Crippen molar-refractivity contribution in [2.75, 3.05) is 7.11 Å². The number of hydrogen-bond acceptors (Lipinski definition) is 5. The van der Waals surface area contributed by atoms with Crippen molar-refractivity contribution in [1.82, 2.24) is 4.57 Å². The molecule has 4 aromatic rings. The normalized spacial score (nSPS) is 17.3. The lowest BCUT2D eigenvalue weighted by Crippen LogP contribution is -2.38. The summed E-state index contributed by atoms with van der Waals surface area (Å²) >= 11 is 5.43. The van der Waals surface area contributed by atoms with Gasteiger partial charge in [0.05, 0.1) is 27.0 Å². The van der Waals surface area contributed by atoms with Crippen LogP contribution < -0.4 is 19.6 Å². The van der Waals surface area contributed by atoms with Gasteiger partial charge in [0.25, 0.3) is 5.56 Å². The van der Waals surface area contributed by atoms with Gasteiger partial charge in [-0.3, -0.25) is 9.36 Å². The molecule has 164 valence electrons. The summed E-state index contributed by atoms with van der Waals surface area (Å²) in [6.07, 6.45) is 3.85. The third-order valence-corrected chi connectivity index (χ3v) is 8.91. The van der Waals surface area contributed by atoms with Gasteiger partial charge < -0.3 is 4.74 Å². The number of ether oxygens (including phenoxy) is 1. The van der Waals surface area contributed by atoms with E-state index < -0.39 is 0 Å². The number of fused-ring (bicyclic) bond motifs is 3. The van der Waals surface area contributed by atoms with E-state index in [2.05, 4.69) is 64.4 Å². The highest BCUT2D eigenvalue weighted by molar-refractivity contribution is 14.1. The fraction of sp³-hybridized carbons (Fsp3) is 0.154. The molecule has 1 aliphatic heterocycles. The smallest absolute Gasteiger partial charge is 0.271 e. The van der Waals surface area contributed by atoms with Gasteiger partial charge in [0, 0.05) is 10.4 Å². The van der Waals surface area contributed by atoms with Gasteiger partial charge in [-0.1, -0.05) is 47.7 Å². The van der Waals surface area contributed by atoms with Gasteiger partial charge in [0.15, 0.2) is 4.80 Å². The van der Waals surface area contributed by atoms with Gasteiger partial charge in [-0.05, 0) is 81.8 Å². The first kappa shape index (κ1) is 21.1. The summed E-state index contributed by atoms with van der Waals surface area (Å²) in [5.74, 6) is 0.832. The number of thiazole rings is 1. The maximum atomic E-state index is 13.7. The topological polar surface area (TPSA) is 43.6 Å². The maximum absolute atomic E-state index is 13.7. The zero-order valence-corrected chi connectivity index (χ0v) is 21.5. The Morgan fingerprint density at radius 3 is 2.82 bits per heavy atom. The third-order valence-electron chi connectivity index (χ3n) is 6.16. The monoisotopic (exact) mass is 582 g/mol. The number of aryl methyl sites for hydroxylation is 1. The summed E-state index contributed by atoms with van der Waals surface area (Å²) in [6.45, 7) is 0. The fourth-order valence-electron chi connectivity index (χ4n) is 4.64. The standard InChI is InChI=1S/C26H19IN2O2S2/c1-31-20-11-8-15(13-19(20)27)14-22-25(30)29-24(21-7-4-12-32-21)18-10-9-16-5-2-3-6-17(16)23(18)28-26(29)33-22/h2-8,11-14,24H,9-10H2,1H3/b22-14-/t24-/m1/s1. The van der Waals surface area contributed by atoms with E-state index in [0.29, 0.717) is 4.53 Å². The Bertz CT molecular complexity index is 1600. The Morgan fingerprint density at radius 1 is 1.15 bits per heavy atom. The van der Waals surface area contributed by atoms with Gasteiger partial charge in [-0.15, -0.1) is 11.3 Å². The van der Waals surface area contributed by atoms with Gasteiger partial charge >= 0.3 is 0 Å². The van der Waals surface area contributed by atoms with E-state index in [1.54, 1.807) is 18.4 Å². The van der Waals surface area contributed by atoms with E-state index in [4.69, 9.17) is 9.73 Å². The van der Waals surface area contributed by atoms with Gasteiger partial charge in [0.2, 0.25) is 0 Å². The molecule has 0 radical (unpaired) electrons. The fourth-order valence-corrected chi connectivity index (χ4v) is 7.25. The van der Waals surface area contributed by atoms with Crippen molar-refractivity contribution in [3.8, 4) is 5.75 Å². The van der Waals surface area contributed by atoms with Gasteiger partial charge in [0.1, 0.15) is 5.75 Å². The second-order valence-electron chi connectivity index (χ2n) is 8.02. The van der Waals surface area contributed by atoms with Crippen LogP contribution in [0.1, 0.15) is 34.0 Å². The molecule has 2 aromatic heterocycles. The summed E-state index contributed by atoms with van der Waals surface area (Å²) in [4.78, 5) is 20.7. The lowest BCUT2D eigenvalue weighted by molar-refractivity contribution is 0.412. The van der Waals surface area contributed by atoms with Crippen molar-refractivity contribution in [3.05, 3.63) is 110 Å². The molecule has 0 fully saturated rings. The number of rotatable bonds is 3. The first-order valence-corrected chi connectivity index (χ1v) is 13.4. The minimum absolute atomic E-state index is 0.0217. The predicted octanol–water partition coefficient (Wildman–Crippen LogP) is 4.99. The molecule has 0 bridgehead atoms. The summed E-state index contributed by atoms with van der Waals surface area (Å²) in [7, 11) is 1.67. The van der Waals surface area contributed by atoms with Crippen molar-refractivity contribution < 1.29 is 4.74 Å². The van der Waals surface area contributed by atoms with Crippen molar-refractivity contribution in [3.63, 3.8) is 0 Å². The predicted molar refractivity (Wildman–Crippen MR) is 143 cm³/mol. The zero-order chi connectivity index (χ0) is 22.5. The molecule has 2 aromatic carbocycles. The molecule has 4 nitrogen and oxygen atoms in total. The number of benzene rings is 2. The molecule has 1 atom stereocenters. The largest absolute Gasteiger partial charge is 0.496 e. The molecule has 0 amide bonds. The first-order chi connectivity index (χ1) is 16.1. The van der Waals surface area contributed by atoms with Crippen molar-refractivity contribution >= 4 is 57.0 Å². The second kappa shape index (κ2) is 8.38. The van der Waals surface area contributed by atoms with E-state index in [1.165, 1.54) is 32.9 Å². The number of aromatic nitrogens is 1. The van der Waals surface area contributed by atoms with Crippen LogP contribution in [0.3, 0.4) is 0 Å². The Hall–Kier alpha value is -2.49. The van der Waals surface area contributed by atoms with E-state index in [9.17, 15) is 4.79 Å². The van der Waals surface area contributed by atoms with E-state index in [0.717, 1.165) is 38.2 Å². The van der Waals surface area contributed by atoms with Gasteiger partial charge in [-0.2, -0.15) is 0 Å². The Morgan fingerprint density at radius 2 is 2.03 bits per heavy atom. The molecular weight excluding hydrogens is 563 g/mol. The molecule has 0 spiro atoms. The van der Waals surface area contributed by atoms with E-state index in [-0.39, 0.29) is 11.6 Å². The van der Waals surface area contributed by atoms with Crippen LogP contribution in [0.2, 0.25) is 0 Å². The molecule has 6 rings (SSSR count). The van der Waals surface area contributed by atoms with Crippen LogP contribution in [0.5, 0.6) is 5.75 Å². The highest BCUT2D eigenvalue weighted by Crippen LogP contribution is 2.42. The quantitative estimate of drug-likeness (QED) is 0.320. The first-order valence-electron chi connectivity index (χ1n) is 10.6. The van der Waals surface area contributed by atoms with Crippen LogP contribution in [0.4, 0.5) is 0 Å². The summed E-state index contributed by atoms with van der Waals surface area (Å²) in [6, 6.07) is 18.6. The summed E-state index contributed by atoms with van der Waals surface area (Å²) in [5, 5.41) is 2.08. The van der Waals surface area contributed by atoms with Crippen molar-refractivity contribution in [1.29, 1.82) is 0 Å². The molecular formula is C26H19IN2O2S2. The third kappa shape index (κ3) is 3.53. The lowest BCUT2D eigenvalue weighted by Gasteiger charge is -2.30. The highest BCUT2D eigenvalue weighted by atomic mass is 127. The van der Waals surface area contributed by atoms with Crippen LogP contribution >= 0.6 is 45.3 Å². The number of halogens is 1. The van der Waals surface area contributed by atoms with Crippen molar-refractivity contribution in [2.45, 2.75) is 18.9 Å². The zero-order valence-electron chi connectivity index (χ0n) is 17.7. The minimum atomic E-state index is -0.0947. The van der Waals surface area contributed by atoms with Crippen LogP contribution in [0.15, 0.2) is 75.3 Å². The molecule has 3 heterocycles. The SMILES string of the molecule is COc1ccc(/C=c2\sc3n(c2=O)[C@@H](c2cccs2)C2=C(N=3)c3ccccc3CC2)cc1I. The minimum Gasteiger partial charge on any atom is -0.496 e. The van der Waals surface area contributed by atoms with Crippen LogP contribution in [0, 0.1) is 3.57 Å². The van der Waals surface area contributed by atoms with Crippen LogP contribution in [-0.4, -0.2) is 11.7 Å². The molecule has 0 N–H and O–H groups in total. The maximum Gasteiger partial charge on any atom is 0.271 e. The Kier molecular flexibility index (Phi) is 5.35. The van der Waals surface area contributed by atoms with E-state index >= 15 is 0 Å². The molecule has 0 saturated heterocycles. The molecule has 33 heavy (non-hydrogen) atoms. The lowest BCUT2D eigenvalue weighted by atomic mass is 9.85. The number of hydrogen-bond donors (Lipinski definition) is 0. The van der Waals surface area contributed by atoms with Gasteiger partial charge in [-0.25, -0.2) is 4.99 Å². The second-order valence-corrected chi connectivity index (χ2v) is 11.2. The number of allylic oxidation sites excluding steroid dienone is 1. The number of nitrogens with zero attached hydrogens (tertiary/aromatic N) is 2. The Labute approximate surface area is 212 Å². The number of thiophene rings is 1. The summed E-state index contributed by atoms with van der Waals surface area (Å²) in [5.41, 5.74) is 5.82. The molecule has 0 unspecified atom stereocenters. The summed E-state index contributed by atoms with van der Waals surface area (Å²) < 4.78 is 8.99. The number of methoxy groups -OCH3 is 1. The van der Waals surface area contributed by atoms with Crippen LogP contribution in [-0.2, 0) is 6.42 Å². The van der Waals surface area contributed by atoms with E-state index in [1.807, 2.05) is 28.8 Å². The van der Waals surface area contributed by atoms with Crippen molar-refractivity contribution in [2.24, 2.45) is 4.99 Å². The highest BCUT2D eigenvalue weighted by Gasteiger charge is 2.32. The van der Waals surface area contributed by atoms with Crippen LogP contribution in [0.25, 0.3) is 11.8 Å². The average molecular weight is 582 g/mol. The average Bonchev–Trinajstić information content (AvgIpc) is 3.46. The molecule has 7 heteroatoms.